The highest BCUT2D eigenvalue weighted by Crippen LogP contribution is 2.41. The van der Waals surface area contributed by atoms with Crippen LogP contribution in [0, 0.1) is 48.0 Å². The van der Waals surface area contributed by atoms with Gasteiger partial charge in [-0.3, -0.25) is 51.0 Å². The van der Waals surface area contributed by atoms with Gasteiger partial charge in [0.25, 0.3) is 0 Å². The van der Waals surface area contributed by atoms with Crippen LogP contribution in [-0.4, -0.2) is 139 Å². The number of hydrogen-bond acceptors (Lipinski definition) is 17. The van der Waals surface area contributed by atoms with Crippen LogP contribution in [0.25, 0.3) is 168 Å². The van der Waals surface area contributed by atoms with Crippen molar-refractivity contribution in [1.82, 2.24) is 132 Å². The number of aromatic amines is 10. The topological polar surface area (TPSA) is 373 Å². The van der Waals surface area contributed by atoms with Gasteiger partial charge >= 0.3 is 6.18 Å². The number of fused-ring (bicyclic) bond motifs is 5. The second-order valence-electron chi connectivity index (χ2n) is 34.7. The molecule has 24 rings (SSSR count). The fraction of sp³-hybridized carbons (Fsp3) is 0.216. The number of nitrogens with zero attached hydrogens (tertiary/aromatic N) is 16. The minimum absolute atomic E-state index is 0.210. The largest absolute Gasteiger partial charge is 0.481 e. The van der Waals surface area contributed by atoms with Crippen LogP contribution in [0.4, 0.5) is 26.3 Å². The molecule has 0 atom stereocenters. The Bertz CT molecular complexity index is 7720. The molecule has 11 heterocycles. The Hall–Kier alpha value is -16.2. The van der Waals surface area contributed by atoms with Crippen molar-refractivity contribution in [2.45, 2.75) is 110 Å². The van der Waals surface area contributed by atoms with E-state index >= 15 is 0 Å². The van der Waals surface area contributed by atoms with Crippen molar-refractivity contribution in [3.63, 3.8) is 0 Å². The third kappa shape index (κ3) is 20.3. The summed E-state index contributed by atoms with van der Waals surface area (Å²) in [6, 6.07) is 66.6. The average molecular weight is 1810 g/mol. The van der Waals surface area contributed by atoms with Crippen LogP contribution < -0.4 is 4.74 Å². The van der Waals surface area contributed by atoms with Gasteiger partial charge in [0.15, 0.2) is 29.1 Å². The van der Waals surface area contributed by atoms with Crippen molar-refractivity contribution in [2.75, 3.05) is 7.11 Å². The molecule has 11 aromatic heterocycles. The zero-order chi connectivity index (χ0) is 92.2. The van der Waals surface area contributed by atoms with Gasteiger partial charge in [0.05, 0.1) is 63.0 Å². The maximum Gasteiger partial charge on any atom is 0.416 e. The Balaban J connectivity index is 0.000000105. The fourth-order valence-corrected chi connectivity index (χ4v) is 16.1. The molecule has 676 valence electrons. The van der Waals surface area contributed by atoms with E-state index in [1.807, 2.05) is 121 Å². The molecule has 3 fully saturated rings. The van der Waals surface area contributed by atoms with Crippen LogP contribution in [-0.2, 0) is 44.7 Å². The van der Waals surface area contributed by atoms with Crippen molar-refractivity contribution in [3.05, 3.63) is 294 Å². The molecule has 3 saturated carbocycles. The highest BCUT2D eigenvalue weighted by Gasteiger charge is 2.32. The molecule has 3 aliphatic rings. The number of halogens is 6. The lowest BCUT2D eigenvalue weighted by Gasteiger charge is -2.07. The monoisotopic (exact) mass is 1810 g/mol. The van der Waals surface area contributed by atoms with E-state index in [2.05, 4.69) is 164 Å². The van der Waals surface area contributed by atoms with Crippen LogP contribution in [0.2, 0.25) is 0 Å². The van der Waals surface area contributed by atoms with Gasteiger partial charge in [-0.2, -0.15) is 64.2 Å². The van der Waals surface area contributed by atoms with E-state index in [4.69, 9.17) is 4.74 Å². The van der Waals surface area contributed by atoms with E-state index in [9.17, 15) is 26.3 Å². The third-order valence-electron chi connectivity index (χ3n) is 24.1. The number of nitrogens with one attached hydrogen (secondary N) is 10. The Kier molecular flexibility index (Phi) is 24.4. The Morgan fingerprint density at radius 2 is 0.681 bits per heavy atom. The smallest absolute Gasteiger partial charge is 0.416 e. The number of aryl methyl sites for hydroxylation is 4. The van der Waals surface area contributed by atoms with E-state index in [1.54, 1.807) is 56.6 Å². The molecule has 0 bridgehead atoms. The molecule has 27 nitrogen and oxygen atoms in total. The highest BCUT2D eigenvalue weighted by atomic mass is 19.4. The SMILES string of the molecule is CC(C)CCc1nc(-c2ccc3[nH]nc(-c4ccc(F)cc4)c3c2)n[nH]1.COc1ccc(-c2n[nH]c3ccc(-c4n[nH]c(CC5CC5)n4)cc23)cn1.Cc1cc(-c2n[nH]c3ccc(-c4n[nH]c(CC5CC5)n4)cc23)ccc1F.FC(F)(F)c1cccc(-c2n[nH]c3ccc(-c4n[nH]c(CC5CC5)n4)cc23)c1.Fc1ccc(-c2n[nH]c3ccc(-c4n[nH]c(CCc5ccccc5)n4)cc23)cc1. The summed E-state index contributed by atoms with van der Waals surface area (Å²) in [5.74, 6) is 10.6. The van der Waals surface area contributed by atoms with Crippen LogP contribution in [0.1, 0.15) is 105 Å². The van der Waals surface area contributed by atoms with E-state index in [0.717, 1.165) is 231 Å². The maximum atomic E-state index is 13.6. The first-order valence-electron chi connectivity index (χ1n) is 44.8. The summed E-state index contributed by atoms with van der Waals surface area (Å²) in [4.78, 5) is 27.4. The van der Waals surface area contributed by atoms with E-state index < -0.39 is 11.7 Å². The number of methoxy groups -OCH3 is 1. The minimum Gasteiger partial charge on any atom is -0.481 e. The van der Waals surface area contributed by atoms with E-state index in [-0.39, 0.29) is 17.5 Å². The first-order chi connectivity index (χ1) is 65.8. The number of ether oxygens (including phenoxy) is 1. The second kappa shape index (κ2) is 37.9. The van der Waals surface area contributed by atoms with Gasteiger partial charge in [0.2, 0.25) is 5.88 Å². The number of benzene rings is 10. The third-order valence-corrected chi connectivity index (χ3v) is 24.1. The number of H-pyrrole nitrogens is 10. The van der Waals surface area contributed by atoms with Gasteiger partial charge in [0, 0.05) is 127 Å². The molecular weight excluding hydrogens is 1720 g/mol. The lowest BCUT2D eigenvalue weighted by atomic mass is 10.0. The highest BCUT2D eigenvalue weighted by molar-refractivity contribution is 5.99. The van der Waals surface area contributed by atoms with Gasteiger partial charge in [0.1, 0.15) is 52.3 Å². The number of aromatic nitrogens is 26. The zero-order valence-corrected chi connectivity index (χ0v) is 73.8. The molecule has 33 heteroatoms. The summed E-state index contributed by atoms with van der Waals surface area (Å²) in [5, 5.41) is 78.6. The quantitative estimate of drug-likeness (QED) is 0.0266. The molecule has 10 N–H and O–H groups in total. The number of alkyl halides is 3. The Labute approximate surface area is 767 Å². The summed E-state index contributed by atoms with van der Waals surface area (Å²) >= 11 is 0. The first kappa shape index (κ1) is 86.8. The lowest BCUT2D eigenvalue weighted by Crippen LogP contribution is -2.04. The molecular formula is C102H90F6N26O. The summed E-state index contributed by atoms with van der Waals surface area (Å²) in [7, 11) is 1.60. The predicted octanol–water partition coefficient (Wildman–Crippen LogP) is 22.5. The second-order valence-corrected chi connectivity index (χ2v) is 34.7. The van der Waals surface area contributed by atoms with Gasteiger partial charge in [-0.1, -0.05) is 56.3 Å². The Morgan fingerprint density at radius 1 is 0.333 bits per heavy atom. The summed E-state index contributed by atoms with van der Waals surface area (Å²) in [5.41, 5.74) is 17.8. The first-order valence-corrected chi connectivity index (χ1v) is 44.8. The van der Waals surface area contributed by atoms with Crippen molar-refractivity contribution >= 4 is 54.5 Å². The molecule has 0 aliphatic heterocycles. The molecule has 0 saturated heterocycles. The van der Waals surface area contributed by atoms with Crippen molar-refractivity contribution in [2.24, 2.45) is 23.7 Å². The van der Waals surface area contributed by atoms with Gasteiger partial charge in [-0.15, -0.1) is 0 Å². The van der Waals surface area contributed by atoms with Crippen LogP contribution in [0.3, 0.4) is 0 Å². The van der Waals surface area contributed by atoms with Crippen LogP contribution >= 0.6 is 0 Å². The molecule has 135 heavy (non-hydrogen) atoms. The predicted molar refractivity (Wildman–Crippen MR) is 505 cm³/mol. The van der Waals surface area contributed by atoms with Gasteiger partial charge in [-0.25, -0.2) is 43.1 Å². The van der Waals surface area contributed by atoms with Crippen molar-refractivity contribution in [1.29, 1.82) is 0 Å². The van der Waals surface area contributed by atoms with Crippen LogP contribution in [0.15, 0.2) is 231 Å². The Morgan fingerprint density at radius 3 is 1.04 bits per heavy atom. The zero-order valence-electron chi connectivity index (χ0n) is 73.8. The molecule has 0 spiro atoms. The van der Waals surface area contributed by atoms with E-state index in [0.29, 0.717) is 57.8 Å². The van der Waals surface area contributed by atoms with Crippen LogP contribution in [0.5, 0.6) is 5.88 Å². The maximum absolute atomic E-state index is 13.6. The minimum atomic E-state index is -4.40. The fourth-order valence-electron chi connectivity index (χ4n) is 16.1. The lowest BCUT2D eigenvalue weighted by molar-refractivity contribution is -0.137. The number of hydrogen-bond donors (Lipinski definition) is 10. The molecule has 0 amide bonds. The average Bonchev–Trinajstić information content (AvgIpc) is 1.66. The van der Waals surface area contributed by atoms with E-state index in [1.165, 1.54) is 80.5 Å². The normalized spacial score (nSPS) is 13.1. The molecule has 0 radical (unpaired) electrons. The van der Waals surface area contributed by atoms with Crippen molar-refractivity contribution in [3.8, 4) is 119 Å². The molecule has 10 aromatic carbocycles. The van der Waals surface area contributed by atoms with Crippen molar-refractivity contribution < 1.29 is 31.1 Å². The molecule has 0 unspecified atom stereocenters. The molecule has 3 aliphatic carbocycles. The number of rotatable bonds is 23. The summed E-state index contributed by atoms with van der Waals surface area (Å²) in [6.07, 6.45) is 11.5. The summed E-state index contributed by atoms with van der Waals surface area (Å²) in [6.45, 7) is 6.15. The van der Waals surface area contributed by atoms with Gasteiger partial charge < -0.3 is 4.74 Å². The molecule has 21 aromatic rings. The van der Waals surface area contributed by atoms with Gasteiger partial charge in [-0.05, 0) is 269 Å². The number of pyridine rings is 1. The summed E-state index contributed by atoms with van der Waals surface area (Å²) < 4.78 is 84.3. The standard InChI is InChI=1S/C23H18FN5.C20H16F3N5.C20H18FN5.C20H20FN5.C19H18N6O/c24-18-10-7-16(8-11-18)22-19-14-17(9-12-20(19)26-28-22)23-25-21(27-29-23)13-6-15-4-2-1-3-5-15;21-20(22,23)14-3-1-2-12(9-14)18-15-10-13(6-7-16(15)25-27-18)19-24-17(26-28-19)8-11-4-5-11;1-11-8-13(4-6-16(11)21)19-15-10-14(5-7-17(15)23-25-19)20-22-18(24-26-20)9-12-2-3-12;1-12(2)3-10-18-22-20(26-24-18)14-6-9-17-16(11-14)19(25-23-17)13-4-7-15(21)8-5-13;1-26-17-7-5-13(10-20-17)18-14-9-12(4-6-15(14)22-24-18)19-21-16(23-25-19)8-11-2-3-11/h1-5,7-12,14H,6,13H2,(H,26,28)(H,25,27,29);1-3,6-7,9-11H,4-5,8H2,(H,25,27)(H,24,26,28);4-8,10,12H,2-3,9H2,1H3,(H,23,25)(H,22,24,26);4-9,11-12H,3,10H2,1-2H3,(H,23,25)(H,22,24,26);4-7,9-11H,2-3,8H2,1H3,(H,22,24)(H,21,23,25).